The average molecular weight is 400 g/mol. The number of hydrogen-bond donors (Lipinski definition) is 2. The monoisotopic (exact) mass is 400 g/mol. The van der Waals surface area contributed by atoms with Gasteiger partial charge in [0.25, 0.3) is 5.91 Å². The number of anilines is 1. The second kappa shape index (κ2) is 6.76. The number of nitrogens with one attached hydrogen (secondary N) is 2. The number of hydrogen-bond acceptors (Lipinski definition) is 2. The molecule has 0 aromatic heterocycles. The van der Waals surface area contributed by atoms with Gasteiger partial charge in [0.15, 0.2) is 5.11 Å². The fourth-order valence-corrected chi connectivity index (χ4v) is 2.35. The van der Waals surface area contributed by atoms with E-state index in [0.717, 1.165) is 3.57 Å². The summed E-state index contributed by atoms with van der Waals surface area (Å²) in [6, 6.07) is 12.9. The molecular formula is C14H10FIN2OS. The Morgan fingerprint density at radius 3 is 2.40 bits per heavy atom. The van der Waals surface area contributed by atoms with E-state index in [9.17, 15) is 9.18 Å². The highest BCUT2D eigenvalue weighted by atomic mass is 127. The molecule has 0 unspecified atom stereocenters. The number of rotatable bonds is 2. The molecule has 0 spiro atoms. The van der Waals surface area contributed by atoms with E-state index in [2.05, 4.69) is 33.2 Å². The lowest BCUT2D eigenvalue weighted by Gasteiger charge is -2.10. The number of carbonyl (C=O) groups excluding carboxylic acids is 1. The molecule has 0 aliphatic heterocycles. The molecule has 0 atom stereocenters. The lowest BCUT2D eigenvalue weighted by molar-refractivity contribution is 0.0977. The van der Waals surface area contributed by atoms with Crippen LogP contribution < -0.4 is 10.6 Å². The molecule has 2 N–H and O–H groups in total. The minimum absolute atomic E-state index is 0.168. The SMILES string of the molecule is O=C(NC(=S)Nc1ccc(F)cc1)c1ccccc1I. The molecule has 3 nitrogen and oxygen atoms in total. The lowest BCUT2D eigenvalue weighted by atomic mass is 10.2. The van der Waals surface area contributed by atoms with Gasteiger partial charge in [-0.15, -0.1) is 0 Å². The molecular weight excluding hydrogens is 390 g/mol. The zero-order chi connectivity index (χ0) is 14.5. The summed E-state index contributed by atoms with van der Waals surface area (Å²) in [4.78, 5) is 12.0. The maximum Gasteiger partial charge on any atom is 0.258 e. The van der Waals surface area contributed by atoms with Gasteiger partial charge < -0.3 is 5.32 Å². The summed E-state index contributed by atoms with van der Waals surface area (Å²) >= 11 is 7.13. The van der Waals surface area contributed by atoms with Crippen molar-refractivity contribution in [3.63, 3.8) is 0 Å². The number of carbonyl (C=O) groups is 1. The van der Waals surface area contributed by atoms with Crippen LogP contribution in [0.5, 0.6) is 0 Å². The van der Waals surface area contributed by atoms with Crippen LogP contribution >= 0.6 is 34.8 Å². The molecule has 0 heterocycles. The number of amides is 1. The summed E-state index contributed by atoms with van der Waals surface area (Å²) in [5.74, 6) is -0.612. The van der Waals surface area contributed by atoms with Crippen molar-refractivity contribution in [2.75, 3.05) is 5.32 Å². The summed E-state index contributed by atoms with van der Waals surface area (Å²) in [6.07, 6.45) is 0. The Hall–Kier alpha value is -1.54. The van der Waals surface area contributed by atoms with Gasteiger partial charge in [-0.1, -0.05) is 12.1 Å². The summed E-state index contributed by atoms with van der Waals surface area (Å²) in [5.41, 5.74) is 1.16. The van der Waals surface area contributed by atoms with Gasteiger partial charge in [-0.25, -0.2) is 4.39 Å². The van der Waals surface area contributed by atoms with Gasteiger partial charge in [0, 0.05) is 9.26 Å². The first-order valence-electron chi connectivity index (χ1n) is 5.68. The van der Waals surface area contributed by atoms with Gasteiger partial charge >= 0.3 is 0 Å². The van der Waals surface area contributed by atoms with E-state index >= 15 is 0 Å². The number of benzene rings is 2. The maximum atomic E-state index is 12.8. The summed E-state index contributed by atoms with van der Waals surface area (Å²) < 4.78 is 13.6. The maximum absolute atomic E-state index is 12.8. The molecule has 0 aliphatic carbocycles. The summed E-state index contributed by atoms with van der Waals surface area (Å²) in [7, 11) is 0. The molecule has 2 aromatic rings. The van der Waals surface area contributed by atoms with Crippen molar-refractivity contribution in [3.05, 3.63) is 63.5 Å². The third-order valence-corrected chi connectivity index (χ3v) is 3.59. The van der Waals surface area contributed by atoms with Crippen molar-refractivity contribution in [1.29, 1.82) is 0 Å². The second-order valence-electron chi connectivity index (χ2n) is 3.89. The highest BCUT2D eigenvalue weighted by molar-refractivity contribution is 14.1. The van der Waals surface area contributed by atoms with Gasteiger partial charge in [0.1, 0.15) is 5.82 Å². The summed E-state index contributed by atoms with van der Waals surface area (Å²) in [5, 5.41) is 5.57. The van der Waals surface area contributed by atoms with Crippen molar-refractivity contribution in [2.45, 2.75) is 0 Å². The zero-order valence-electron chi connectivity index (χ0n) is 10.2. The minimum Gasteiger partial charge on any atom is -0.332 e. The Bertz CT molecular complexity index is 646. The molecule has 0 radical (unpaired) electrons. The van der Waals surface area contributed by atoms with E-state index < -0.39 is 0 Å². The molecule has 20 heavy (non-hydrogen) atoms. The quantitative estimate of drug-likeness (QED) is 0.599. The molecule has 102 valence electrons. The topological polar surface area (TPSA) is 41.1 Å². The average Bonchev–Trinajstić information content (AvgIpc) is 2.41. The van der Waals surface area contributed by atoms with Crippen LogP contribution in [0.4, 0.5) is 10.1 Å². The largest absolute Gasteiger partial charge is 0.332 e. The smallest absolute Gasteiger partial charge is 0.258 e. The Balaban J connectivity index is 2.00. The van der Waals surface area contributed by atoms with Crippen LogP contribution in [0.3, 0.4) is 0 Å². The third kappa shape index (κ3) is 3.97. The van der Waals surface area contributed by atoms with Crippen molar-refractivity contribution in [3.8, 4) is 0 Å². The van der Waals surface area contributed by atoms with Gasteiger partial charge in [0.05, 0.1) is 5.56 Å². The Morgan fingerprint density at radius 1 is 1.10 bits per heavy atom. The van der Waals surface area contributed by atoms with Crippen LogP contribution in [0.25, 0.3) is 0 Å². The molecule has 0 saturated heterocycles. The van der Waals surface area contributed by atoms with Gasteiger partial charge in [-0.2, -0.15) is 0 Å². The first-order valence-corrected chi connectivity index (χ1v) is 7.17. The Kier molecular flexibility index (Phi) is 5.02. The van der Waals surface area contributed by atoms with Gasteiger partial charge in [-0.05, 0) is 71.2 Å². The summed E-state index contributed by atoms with van der Waals surface area (Å²) in [6.45, 7) is 0. The third-order valence-electron chi connectivity index (χ3n) is 2.45. The van der Waals surface area contributed by atoms with E-state index in [4.69, 9.17) is 12.2 Å². The molecule has 2 rings (SSSR count). The van der Waals surface area contributed by atoms with E-state index in [1.54, 1.807) is 24.3 Å². The van der Waals surface area contributed by atoms with E-state index in [-0.39, 0.29) is 16.8 Å². The Morgan fingerprint density at radius 2 is 1.75 bits per heavy atom. The van der Waals surface area contributed by atoms with E-state index in [1.165, 1.54) is 12.1 Å². The highest BCUT2D eigenvalue weighted by Crippen LogP contribution is 2.11. The predicted octanol–water partition coefficient (Wildman–Crippen LogP) is 3.56. The fourth-order valence-electron chi connectivity index (χ4n) is 1.51. The highest BCUT2D eigenvalue weighted by Gasteiger charge is 2.10. The van der Waals surface area contributed by atoms with Crippen molar-refractivity contribution in [2.24, 2.45) is 0 Å². The van der Waals surface area contributed by atoms with Gasteiger partial charge in [-0.3, -0.25) is 10.1 Å². The van der Waals surface area contributed by atoms with Gasteiger partial charge in [0.2, 0.25) is 0 Å². The first kappa shape index (κ1) is 14.9. The lowest BCUT2D eigenvalue weighted by Crippen LogP contribution is -2.34. The predicted molar refractivity (Wildman–Crippen MR) is 89.2 cm³/mol. The van der Waals surface area contributed by atoms with Crippen LogP contribution in [-0.4, -0.2) is 11.0 Å². The molecule has 0 fully saturated rings. The van der Waals surface area contributed by atoms with Crippen LogP contribution in [0.15, 0.2) is 48.5 Å². The Labute approximate surface area is 134 Å². The van der Waals surface area contributed by atoms with Crippen LogP contribution in [-0.2, 0) is 0 Å². The molecule has 6 heteroatoms. The normalized spacial score (nSPS) is 9.90. The van der Waals surface area contributed by atoms with E-state index in [1.807, 2.05) is 12.1 Å². The number of thiocarbonyl (C=S) groups is 1. The second-order valence-corrected chi connectivity index (χ2v) is 5.47. The van der Waals surface area contributed by atoms with Crippen molar-refractivity contribution < 1.29 is 9.18 Å². The molecule has 1 amide bonds. The molecule has 0 saturated carbocycles. The fraction of sp³-hybridized carbons (Fsp3) is 0. The van der Waals surface area contributed by atoms with Crippen molar-refractivity contribution in [1.82, 2.24) is 5.32 Å². The van der Waals surface area contributed by atoms with Crippen LogP contribution in [0.2, 0.25) is 0 Å². The van der Waals surface area contributed by atoms with Crippen molar-refractivity contribution >= 4 is 51.5 Å². The zero-order valence-corrected chi connectivity index (χ0v) is 13.2. The standard InChI is InChI=1S/C14H10FIN2OS/c15-9-5-7-10(8-6-9)17-14(20)18-13(19)11-3-1-2-4-12(11)16/h1-8H,(H2,17,18,19,20). The molecule has 0 bridgehead atoms. The molecule has 2 aromatic carbocycles. The minimum atomic E-state index is -0.329. The molecule has 0 aliphatic rings. The van der Waals surface area contributed by atoms with Crippen LogP contribution in [0, 0.1) is 9.39 Å². The van der Waals surface area contributed by atoms with Crippen LogP contribution in [0.1, 0.15) is 10.4 Å². The number of halogens is 2. The van der Waals surface area contributed by atoms with E-state index in [0.29, 0.717) is 11.3 Å². The first-order chi connectivity index (χ1) is 9.56.